The molecule has 5 nitrogen and oxygen atoms in total. The Kier molecular flexibility index (Phi) is 7.44. The summed E-state index contributed by atoms with van der Waals surface area (Å²) in [4.78, 5) is 16.2. The van der Waals surface area contributed by atoms with E-state index < -0.39 is 45.9 Å². The molecule has 0 unspecified atom stereocenters. The Morgan fingerprint density at radius 2 is 1.81 bits per heavy atom. The van der Waals surface area contributed by atoms with Crippen molar-refractivity contribution >= 4 is 46.1 Å². The van der Waals surface area contributed by atoms with Crippen molar-refractivity contribution in [2.45, 2.75) is 6.18 Å². The zero-order valence-corrected chi connectivity index (χ0v) is 16.9. The molecular weight excluding hydrogens is 459 g/mol. The lowest BCUT2D eigenvalue weighted by atomic mass is 9.96. The lowest BCUT2D eigenvalue weighted by molar-refractivity contribution is -0.112. The molecule has 4 N–H and O–H groups in total. The number of hydrogen-bond donors (Lipinski definition) is 2. The average molecular weight is 471 g/mol. The largest absolute Gasteiger partial charge is 0.434 e. The van der Waals surface area contributed by atoms with Gasteiger partial charge in [-0.3, -0.25) is 4.79 Å². The standard InChI is InChI=1S/C20H12Cl2F4N4O/c21-10-3-1-4-11(7-10)30-19(20(24,25)26)13(9-28)18(31)12(8-27)17(29)16-14(22)5-2-6-15(16)23/h1-7,9H,28-29H2. The van der Waals surface area contributed by atoms with E-state index in [0.29, 0.717) is 6.20 Å². The Balaban J connectivity index is 2.69. The first-order valence-electron chi connectivity index (χ1n) is 8.23. The predicted molar refractivity (Wildman–Crippen MR) is 110 cm³/mol. The lowest BCUT2D eigenvalue weighted by Gasteiger charge is -2.14. The van der Waals surface area contributed by atoms with Crippen LogP contribution in [0, 0.1) is 17.1 Å². The molecule has 0 bridgehead atoms. The van der Waals surface area contributed by atoms with Crippen molar-refractivity contribution in [2.75, 3.05) is 0 Å². The second kappa shape index (κ2) is 9.64. The number of benzene rings is 2. The monoisotopic (exact) mass is 470 g/mol. The maximum atomic E-state index is 14.1. The number of allylic oxidation sites excluding steroid dienone is 2. The molecule has 0 saturated carbocycles. The van der Waals surface area contributed by atoms with E-state index in [2.05, 4.69) is 4.99 Å². The number of hydrogen-bond acceptors (Lipinski definition) is 5. The zero-order chi connectivity index (χ0) is 23.3. The minimum absolute atomic E-state index is 0.100. The molecule has 31 heavy (non-hydrogen) atoms. The number of aliphatic imine (C=N–C) groups is 1. The van der Waals surface area contributed by atoms with Crippen LogP contribution in [-0.4, -0.2) is 17.7 Å². The van der Waals surface area contributed by atoms with Gasteiger partial charge in [-0.1, -0.05) is 35.3 Å². The number of nitrogens with zero attached hydrogens (tertiary/aromatic N) is 2. The molecule has 0 aromatic heterocycles. The molecule has 160 valence electrons. The minimum Gasteiger partial charge on any atom is -0.404 e. The highest BCUT2D eigenvalue weighted by molar-refractivity contribution is 6.34. The highest BCUT2D eigenvalue weighted by Gasteiger charge is 2.41. The van der Waals surface area contributed by atoms with Gasteiger partial charge in [0.15, 0.2) is 5.71 Å². The van der Waals surface area contributed by atoms with Crippen molar-refractivity contribution in [3.63, 3.8) is 0 Å². The van der Waals surface area contributed by atoms with Crippen LogP contribution >= 0.6 is 23.2 Å². The number of nitrogens with two attached hydrogens (primary N) is 2. The van der Waals surface area contributed by atoms with Gasteiger partial charge in [0.2, 0.25) is 5.78 Å². The summed E-state index contributed by atoms with van der Waals surface area (Å²) in [7, 11) is 0. The Labute approximate surface area is 183 Å². The van der Waals surface area contributed by atoms with Crippen LogP contribution in [0.15, 0.2) is 64.8 Å². The van der Waals surface area contributed by atoms with Crippen LogP contribution < -0.4 is 11.5 Å². The SMILES string of the molecule is N#CC(C(=O)C(=CN)C(=Nc1cccc(Cl)c1)C(F)(F)F)=C(N)c1c(F)cccc1Cl. The Morgan fingerprint density at radius 1 is 1.16 bits per heavy atom. The van der Waals surface area contributed by atoms with E-state index in [4.69, 9.17) is 34.7 Å². The van der Waals surface area contributed by atoms with Crippen molar-refractivity contribution in [3.05, 3.63) is 81.2 Å². The summed E-state index contributed by atoms with van der Waals surface area (Å²) < 4.78 is 55.2. The zero-order valence-electron chi connectivity index (χ0n) is 15.3. The van der Waals surface area contributed by atoms with Crippen LogP contribution in [0.5, 0.6) is 0 Å². The van der Waals surface area contributed by atoms with Crippen molar-refractivity contribution in [3.8, 4) is 6.07 Å². The van der Waals surface area contributed by atoms with E-state index in [9.17, 15) is 27.6 Å². The molecule has 0 saturated heterocycles. The molecule has 0 aliphatic carbocycles. The van der Waals surface area contributed by atoms with Crippen LogP contribution in [0.4, 0.5) is 23.2 Å². The third kappa shape index (κ3) is 5.42. The summed E-state index contributed by atoms with van der Waals surface area (Å²) in [5, 5.41) is 9.23. The van der Waals surface area contributed by atoms with Gasteiger partial charge in [0.25, 0.3) is 0 Å². The highest BCUT2D eigenvalue weighted by Crippen LogP contribution is 2.31. The molecule has 0 aliphatic heterocycles. The molecule has 0 atom stereocenters. The van der Waals surface area contributed by atoms with Crippen LogP contribution in [0.1, 0.15) is 5.56 Å². The molecule has 11 heteroatoms. The summed E-state index contributed by atoms with van der Waals surface area (Å²) >= 11 is 11.6. The minimum atomic E-state index is -5.14. The molecule has 0 radical (unpaired) electrons. The molecule has 0 spiro atoms. The van der Waals surface area contributed by atoms with E-state index in [1.807, 2.05) is 0 Å². The summed E-state index contributed by atoms with van der Waals surface area (Å²) in [5.74, 6) is -2.49. The quantitative estimate of drug-likeness (QED) is 0.275. The van der Waals surface area contributed by atoms with Gasteiger partial charge in [-0.2, -0.15) is 18.4 Å². The maximum Gasteiger partial charge on any atom is 0.434 e. The lowest BCUT2D eigenvalue weighted by Crippen LogP contribution is -2.30. The highest BCUT2D eigenvalue weighted by atomic mass is 35.5. The summed E-state index contributed by atoms with van der Waals surface area (Å²) in [6.45, 7) is 0. The first-order chi connectivity index (χ1) is 14.5. The number of rotatable bonds is 5. The van der Waals surface area contributed by atoms with Gasteiger partial charge in [0, 0.05) is 11.2 Å². The van der Waals surface area contributed by atoms with Crippen LogP contribution in [0.25, 0.3) is 5.70 Å². The van der Waals surface area contributed by atoms with Crippen molar-refractivity contribution < 1.29 is 22.4 Å². The van der Waals surface area contributed by atoms with Gasteiger partial charge in [-0.15, -0.1) is 0 Å². The number of alkyl halides is 3. The van der Waals surface area contributed by atoms with Gasteiger partial charge < -0.3 is 11.5 Å². The van der Waals surface area contributed by atoms with E-state index in [0.717, 1.165) is 12.1 Å². The van der Waals surface area contributed by atoms with Gasteiger partial charge in [-0.25, -0.2) is 9.38 Å². The third-order valence-corrected chi connectivity index (χ3v) is 4.37. The fraction of sp³-hybridized carbons (Fsp3) is 0.0500. The second-order valence-electron chi connectivity index (χ2n) is 5.84. The molecule has 2 aromatic carbocycles. The molecule has 0 amide bonds. The van der Waals surface area contributed by atoms with E-state index in [1.165, 1.54) is 36.4 Å². The first-order valence-corrected chi connectivity index (χ1v) is 8.99. The molecule has 2 aromatic rings. The molecular formula is C20H12Cl2F4N4O. The smallest absolute Gasteiger partial charge is 0.404 e. The number of nitriles is 1. The number of Topliss-reactive ketones (excluding diaryl/α,β-unsaturated/α-hetero) is 1. The van der Waals surface area contributed by atoms with E-state index >= 15 is 0 Å². The van der Waals surface area contributed by atoms with Gasteiger partial charge in [0.1, 0.15) is 17.5 Å². The molecule has 0 fully saturated rings. The van der Waals surface area contributed by atoms with Crippen molar-refractivity contribution in [1.29, 1.82) is 5.26 Å². The average Bonchev–Trinajstić information content (AvgIpc) is 2.67. The number of carbonyl (C=O) groups is 1. The number of halogens is 6. The molecule has 0 aliphatic rings. The predicted octanol–water partition coefficient (Wildman–Crippen LogP) is 5.07. The normalized spacial score (nSPS) is 13.5. The maximum absolute atomic E-state index is 14.1. The van der Waals surface area contributed by atoms with Crippen LogP contribution in [-0.2, 0) is 4.79 Å². The summed E-state index contributed by atoms with van der Waals surface area (Å²) in [6, 6.07) is 9.91. The fourth-order valence-corrected chi connectivity index (χ4v) is 2.91. The van der Waals surface area contributed by atoms with Crippen LogP contribution in [0.3, 0.4) is 0 Å². The van der Waals surface area contributed by atoms with E-state index in [-0.39, 0.29) is 15.7 Å². The number of ketones is 1. The Bertz CT molecular complexity index is 1140. The van der Waals surface area contributed by atoms with Crippen molar-refractivity contribution in [2.24, 2.45) is 16.5 Å². The second-order valence-corrected chi connectivity index (χ2v) is 6.69. The topological polar surface area (TPSA) is 105 Å². The Hall–Kier alpha value is -3.35. The molecule has 2 rings (SSSR count). The molecule has 0 heterocycles. The van der Waals surface area contributed by atoms with Crippen LogP contribution in [0.2, 0.25) is 10.0 Å². The van der Waals surface area contributed by atoms with Gasteiger partial charge in [-0.05, 0) is 30.3 Å². The van der Waals surface area contributed by atoms with Crippen molar-refractivity contribution in [1.82, 2.24) is 0 Å². The number of carbonyl (C=O) groups excluding carboxylic acids is 1. The summed E-state index contributed by atoms with van der Waals surface area (Å²) in [5.41, 5.74) is 5.68. The Morgan fingerprint density at radius 3 is 2.32 bits per heavy atom. The van der Waals surface area contributed by atoms with E-state index in [1.54, 1.807) is 0 Å². The first kappa shape index (κ1) is 23.9. The fourth-order valence-electron chi connectivity index (χ4n) is 2.46. The third-order valence-electron chi connectivity index (χ3n) is 3.82. The van der Waals surface area contributed by atoms with Gasteiger partial charge in [0.05, 0.1) is 27.5 Å². The van der Waals surface area contributed by atoms with Gasteiger partial charge >= 0.3 is 6.18 Å². The summed E-state index contributed by atoms with van der Waals surface area (Å²) in [6.07, 6.45) is -4.80.